The second-order valence-corrected chi connectivity index (χ2v) is 9.09. The topological polar surface area (TPSA) is 125 Å². The number of aryl methyl sites for hydroxylation is 2. The van der Waals surface area contributed by atoms with Crippen LogP contribution in [0, 0.1) is 13.8 Å². The molecule has 2 N–H and O–H groups in total. The Morgan fingerprint density at radius 3 is 2.39 bits per heavy atom. The molecule has 1 saturated carbocycles. The van der Waals surface area contributed by atoms with Gasteiger partial charge in [0.25, 0.3) is 0 Å². The van der Waals surface area contributed by atoms with Gasteiger partial charge in [0, 0.05) is 32.2 Å². The first-order valence-electron chi connectivity index (χ1n) is 9.43. The molecule has 0 bridgehead atoms. The SMILES string of the molecule is Cc1noc(C)c1S(=O)(=O)N[C@@H](C)C(=O)N1CCN(CC(=O)NC2CC2)CC1. The van der Waals surface area contributed by atoms with Gasteiger partial charge in [-0.1, -0.05) is 5.16 Å². The molecule has 1 aliphatic carbocycles. The summed E-state index contributed by atoms with van der Waals surface area (Å²) < 4.78 is 32.5. The van der Waals surface area contributed by atoms with Crippen molar-refractivity contribution in [2.24, 2.45) is 0 Å². The van der Waals surface area contributed by atoms with E-state index < -0.39 is 16.1 Å². The minimum Gasteiger partial charge on any atom is -0.360 e. The highest BCUT2D eigenvalue weighted by atomic mass is 32.2. The van der Waals surface area contributed by atoms with E-state index in [0.717, 1.165) is 12.8 Å². The summed E-state index contributed by atoms with van der Waals surface area (Å²) in [5, 5.41) is 6.60. The van der Waals surface area contributed by atoms with Crippen LogP contribution in [0.4, 0.5) is 0 Å². The molecule has 0 spiro atoms. The monoisotopic (exact) mass is 413 g/mol. The second-order valence-electron chi connectivity index (χ2n) is 7.44. The Kier molecular flexibility index (Phi) is 6.06. The molecule has 1 aromatic heterocycles. The number of hydrogen-bond donors (Lipinski definition) is 2. The van der Waals surface area contributed by atoms with Gasteiger partial charge < -0.3 is 14.7 Å². The van der Waals surface area contributed by atoms with Crippen molar-refractivity contribution >= 4 is 21.8 Å². The Balaban J connectivity index is 1.51. The van der Waals surface area contributed by atoms with Gasteiger partial charge in [-0.05, 0) is 33.6 Å². The van der Waals surface area contributed by atoms with Crippen LogP contribution >= 0.6 is 0 Å². The quantitative estimate of drug-likeness (QED) is 0.610. The maximum Gasteiger partial charge on any atom is 0.246 e. The summed E-state index contributed by atoms with van der Waals surface area (Å²) in [6.45, 7) is 6.95. The summed E-state index contributed by atoms with van der Waals surface area (Å²) in [5.74, 6) is -0.0944. The van der Waals surface area contributed by atoms with Crippen LogP contribution in [0.25, 0.3) is 0 Å². The van der Waals surface area contributed by atoms with Crippen LogP contribution in [0.1, 0.15) is 31.2 Å². The predicted molar refractivity (Wildman–Crippen MR) is 99.9 cm³/mol. The predicted octanol–water partition coefficient (Wildman–Crippen LogP) is -0.619. The fourth-order valence-corrected chi connectivity index (χ4v) is 4.83. The number of hydrogen-bond acceptors (Lipinski definition) is 7. The van der Waals surface area contributed by atoms with Crippen LogP contribution in [0.3, 0.4) is 0 Å². The minimum absolute atomic E-state index is 0.0165. The average Bonchev–Trinajstić information content (AvgIpc) is 3.36. The maximum atomic E-state index is 12.7. The smallest absolute Gasteiger partial charge is 0.246 e. The van der Waals surface area contributed by atoms with Gasteiger partial charge in [-0.25, -0.2) is 8.42 Å². The summed E-state index contributed by atoms with van der Waals surface area (Å²) in [6, 6.07) is -0.578. The summed E-state index contributed by atoms with van der Waals surface area (Å²) >= 11 is 0. The Hall–Kier alpha value is -1.98. The van der Waals surface area contributed by atoms with Crippen molar-refractivity contribution in [3.63, 3.8) is 0 Å². The molecule has 1 atom stereocenters. The lowest BCUT2D eigenvalue weighted by atomic mass is 10.2. The van der Waals surface area contributed by atoms with Gasteiger partial charge in [-0.2, -0.15) is 4.72 Å². The zero-order chi connectivity index (χ0) is 20.5. The Morgan fingerprint density at radius 2 is 1.86 bits per heavy atom. The fourth-order valence-electron chi connectivity index (χ4n) is 3.30. The molecule has 0 unspecified atom stereocenters. The van der Waals surface area contributed by atoms with Gasteiger partial charge in [-0.3, -0.25) is 14.5 Å². The number of carbonyl (C=O) groups excluding carboxylic acids is 2. The lowest BCUT2D eigenvalue weighted by Crippen LogP contribution is -2.55. The number of aromatic nitrogens is 1. The van der Waals surface area contributed by atoms with E-state index in [1.165, 1.54) is 20.8 Å². The molecule has 2 amide bonds. The Bertz CT molecular complexity index is 821. The first-order valence-corrected chi connectivity index (χ1v) is 10.9. The summed E-state index contributed by atoms with van der Waals surface area (Å²) in [7, 11) is -3.91. The van der Waals surface area contributed by atoms with E-state index in [9.17, 15) is 18.0 Å². The van der Waals surface area contributed by atoms with Crippen molar-refractivity contribution in [3.8, 4) is 0 Å². The van der Waals surface area contributed by atoms with Crippen LogP contribution in [0.5, 0.6) is 0 Å². The number of nitrogens with one attached hydrogen (secondary N) is 2. The first kappa shape index (κ1) is 20.7. The molecule has 28 heavy (non-hydrogen) atoms. The molecule has 0 aromatic carbocycles. The van der Waals surface area contributed by atoms with E-state index in [1.54, 1.807) is 4.90 Å². The average molecular weight is 414 g/mol. The third-order valence-electron chi connectivity index (χ3n) is 4.93. The lowest BCUT2D eigenvalue weighted by molar-refractivity contribution is -0.134. The molecule has 0 radical (unpaired) electrons. The number of nitrogens with zero attached hydrogens (tertiary/aromatic N) is 3. The molecule has 1 aliphatic heterocycles. The third kappa shape index (κ3) is 4.89. The molecule has 2 aliphatic rings. The van der Waals surface area contributed by atoms with E-state index in [-0.39, 0.29) is 28.2 Å². The van der Waals surface area contributed by atoms with Crippen LogP contribution in [0.15, 0.2) is 9.42 Å². The summed E-state index contributed by atoms with van der Waals surface area (Å²) in [4.78, 5) is 28.1. The lowest BCUT2D eigenvalue weighted by Gasteiger charge is -2.35. The van der Waals surface area contributed by atoms with Gasteiger partial charge in [0.2, 0.25) is 21.8 Å². The van der Waals surface area contributed by atoms with Crippen LogP contribution in [-0.4, -0.2) is 80.0 Å². The highest BCUT2D eigenvalue weighted by Crippen LogP contribution is 2.20. The fraction of sp³-hybridized carbons (Fsp3) is 0.706. The molecule has 1 aromatic rings. The van der Waals surface area contributed by atoms with Crippen molar-refractivity contribution in [1.29, 1.82) is 0 Å². The van der Waals surface area contributed by atoms with Gasteiger partial charge >= 0.3 is 0 Å². The van der Waals surface area contributed by atoms with Crippen molar-refractivity contribution in [3.05, 3.63) is 11.5 Å². The van der Waals surface area contributed by atoms with E-state index >= 15 is 0 Å². The maximum absolute atomic E-state index is 12.7. The Labute approximate surface area is 164 Å². The zero-order valence-electron chi connectivity index (χ0n) is 16.4. The molecule has 10 nitrogen and oxygen atoms in total. The van der Waals surface area contributed by atoms with Crippen molar-refractivity contribution in [1.82, 2.24) is 25.0 Å². The van der Waals surface area contributed by atoms with Gasteiger partial charge in [0.05, 0.1) is 12.6 Å². The molecule has 11 heteroatoms. The largest absolute Gasteiger partial charge is 0.360 e. The van der Waals surface area contributed by atoms with E-state index in [0.29, 0.717) is 38.8 Å². The standard InChI is InChI=1S/C17H27N5O5S/c1-11-16(13(3)27-19-11)28(25,26)20-12(2)17(24)22-8-6-21(7-9-22)10-15(23)18-14-4-5-14/h12,14,20H,4-10H2,1-3H3,(H,18,23)/t12-/m0/s1. The normalized spacial score (nSPS) is 19.5. The van der Waals surface area contributed by atoms with Gasteiger partial charge in [0.1, 0.15) is 10.6 Å². The molecule has 3 rings (SSSR count). The summed E-state index contributed by atoms with van der Waals surface area (Å²) in [5.41, 5.74) is 0.253. The number of piperazine rings is 1. The minimum atomic E-state index is -3.91. The number of sulfonamides is 1. The molecule has 2 fully saturated rings. The molecule has 2 heterocycles. The Morgan fingerprint density at radius 1 is 1.21 bits per heavy atom. The van der Waals surface area contributed by atoms with Crippen LogP contribution < -0.4 is 10.0 Å². The highest BCUT2D eigenvalue weighted by molar-refractivity contribution is 7.89. The van der Waals surface area contributed by atoms with Gasteiger partial charge in [0.15, 0.2) is 5.76 Å². The van der Waals surface area contributed by atoms with E-state index in [4.69, 9.17) is 4.52 Å². The van der Waals surface area contributed by atoms with Crippen molar-refractivity contribution < 1.29 is 22.5 Å². The molecule has 156 valence electrons. The van der Waals surface area contributed by atoms with Crippen LogP contribution in [-0.2, 0) is 19.6 Å². The third-order valence-corrected chi connectivity index (χ3v) is 6.72. The number of rotatable bonds is 7. The number of carbonyl (C=O) groups is 2. The zero-order valence-corrected chi connectivity index (χ0v) is 17.2. The van der Waals surface area contributed by atoms with Crippen LogP contribution in [0.2, 0.25) is 0 Å². The van der Waals surface area contributed by atoms with E-state index in [2.05, 4.69) is 15.2 Å². The van der Waals surface area contributed by atoms with Crippen molar-refractivity contribution in [2.45, 2.75) is 50.6 Å². The van der Waals surface area contributed by atoms with E-state index in [1.807, 2.05) is 4.90 Å². The molecule has 1 saturated heterocycles. The first-order chi connectivity index (χ1) is 13.2. The molecular formula is C17H27N5O5S. The highest BCUT2D eigenvalue weighted by Gasteiger charge is 2.32. The second kappa shape index (κ2) is 8.18. The number of amides is 2. The summed E-state index contributed by atoms with van der Waals surface area (Å²) in [6.07, 6.45) is 2.10. The molecular weight excluding hydrogens is 386 g/mol. The van der Waals surface area contributed by atoms with Gasteiger partial charge in [-0.15, -0.1) is 0 Å². The van der Waals surface area contributed by atoms with Crippen molar-refractivity contribution in [2.75, 3.05) is 32.7 Å².